The lowest BCUT2D eigenvalue weighted by Crippen LogP contribution is -2.31. The molecule has 1 aromatic heterocycles. The van der Waals surface area contributed by atoms with E-state index >= 15 is 0 Å². The summed E-state index contributed by atoms with van der Waals surface area (Å²) in [7, 11) is 1.87. The number of hydrogen-bond acceptors (Lipinski definition) is 2. The van der Waals surface area contributed by atoms with Crippen molar-refractivity contribution in [1.29, 1.82) is 0 Å². The van der Waals surface area contributed by atoms with Gasteiger partial charge in [0.05, 0.1) is 11.0 Å². The second kappa shape index (κ2) is 6.11. The van der Waals surface area contributed by atoms with Gasteiger partial charge in [0.25, 0.3) is 0 Å². The van der Waals surface area contributed by atoms with Crippen molar-refractivity contribution in [2.24, 2.45) is 5.92 Å². The molecule has 1 N–H and O–H groups in total. The van der Waals surface area contributed by atoms with Gasteiger partial charge in [-0.25, -0.2) is 4.98 Å². The molecule has 1 amide bonds. The second-order valence-corrected chi connectivity index (χ2v) is 6.53. The Balaban J connectivity index is 1.56. The monoisotopic (exact) mass is 319 g/mol. The number of rotatable bonds is 3. The van der Waals surface area contributed by atoms with Crippen molar-refractivity contribution >= 4 is 22.6 Å². The first-order chi connectivity index (χ1) is 11.7. The van der Waals surface area contributed by atoms with Crippen molar-refractivity contribution in [1.82, 2.24) is 9.97 Å². The number of aromatic amines is 1. The van der Waals surface area contributed by atoms with Crippen LogP contribution < -0.4 is 4.90 Å². The molecule has 0 atom stereocenters. The van der Waals surface area contributed by atoms with E-state index in [0.29, 0.717) is 0 Å². The van der Waals surface area contributed by atoms with Gasteiger partial charge in [-0.3, -0.25) is 4.79 Å². The minimum absolute atomic E-state index is 0.199. The van der Waals surface area contributed by atoms with Gasteiger partial charge in [0.2, 0.25) is 5.91 Å². The molecule has 1 fully saturated rings. The Labute approximate surface area is 141 Å². The maximum Gasteiger partial charge on any atom is 0.229 e. The standard InChI is InChI=1S/C20H21N3O/c1-23(20(24)15-6-2-3-7-15)16-12-10-14(11-13-16)19-21-17-8-4-5-9-18(17)22-19/h4-5,8-13,15H,2-3,6-7H2,1H3,(H,21,22). The zero-order valence-corrected chi connectivity index (χ0v) is 13.8. The van der Waals surface area contributed by atoms with E-state index in [0.717, 1.165) is 41.0 Å². The number of anilines is 1. The third kappa shape index (κ3) is 2.68. The molecule has 24 heavy (non-hydrogen) atoms. The molecule has 0 saturated heterocycles. The highest BCUT2D eigenvalue weighted by molar-refractivity contribution is 5.94. The summed E-state index contributed by atoms with van der Waals surface area (Å²) < 4.78 is 0. The summed E-state index contributed by atoms with van der Waals surface area (Å²) in [6.07, 6.45) is 4.41. The predicted octanol–water partition coefficient (Wildman–Crippen LogP) is 4.38. The number of H-pyrrole nitrogens is 1. The lowest BCUT2D eigenvalue weighted by Gasteiger charge is -2.21. The number of benzene rings is 2. The van der Waals surface area contributed by atoms with E-state index in [-0.39, 0.29) is 11.8 Å². The average molecular weight is 319 g/mol. The Bertz CT molecular complexity index is 827. The normalized spacial score (nSPS) is 15.0. The Morgan fingerprint density at radius 3 is 2.50 bits per heavy atom. The zero-order chi connectivity index (χ0) is 16.5. The smallest absolute Gasteiger partial charge is 0.229 e. The molecule has 1 aliphatic carbocycles. The second-order valence-electron chi connectivity index (χ2n) is 6.53. The van der Waals surface area contributed by atoms with Crippen molar-refractivity contribution in [3.8, 4) is 11.4 Å². The Morgan fingerprint density at radius 2 is 1.79 bits per heavy atom. The maximum atomic E-state index is 12.5. The molecule has 2 aromatic carbocycles. The van der Waals surface area contributed by atoms with Crippen LogP contribution in [-0.2, 0) is 4.79 Å². The van der Waals surface area contributed by atoms with Gasteiger partial charge in [0, 0.05) is 24.2 Å². The first-order valence-corrected chi connectivity index (χ1v) is 8.55. The molecule has 0 aliphatic heterocycles. The van der Waals surface area contributed by atoms with E-state index in [9.17, 15) is 4.79 Å². The summed E-state index contributed by atoms with van der Waals surface area (Å²) in [5.41, 5.74) is 3.96. The minimum atomic E-state index is 0.199. The van der Waals surface area contributed by atoms with Crippen LogP contribution in [0.3, 0.4) is 0 Å². The Hall–Kier alpha value is -2.62. The van der Waals surface area contributed by atoms with Crippen molar-refractivity contribution in [2.75, 3.05) is 11.9 Å². The van der Waals surface area contributed by atoms with E-state index < -0.39 is 0 Å². The molecule has 4 rings (SSSR count). The van der Waals surface area contributed by atoms with Crippen molar-refractivity contribution in [3.05, 3.63) is 48.5 Å². The number of para-hydroxylation sites is 2. The fraction of sp³-hybridized carbons (Fsp3) is 0.300. The van der Waals surface area contributed by atoms with Crippen LogP contribution >= 0.6 is 0 Å². The van der Waals surface area contributed by atoms with E-state index in [2.05, 4.69) is 9.97 Å². The number of nitrogens with one attached hydrogen (secondary N) is 1. The topological polar surface area (TPSA) is 49.0 Å². The Morgan fingerprint density at radius 1 is 1.08 bits per heavy atom. The molecular formula is C20H21N3O. The summed E-state index contributed by atoms with van der Waals surface area (Å²) in [5, 5.41) is 0. The van der Waals surface area contributed by atoms with Crippen LogP contribution in [0.2, 0.25) is 0 Å². The summed E-state index contributed by atoms with van der Waals surface area (Å²) in [5.74, 6) is 1.29. The molecule has 122 valence electrons. The van der Waals surface area contributed by atoms with Gasteiger partial charge in [-0.1, -0.05) is 25.0 Å². The fourth-order valence-electron chi connectivity index (χ4n) is 3.51. The first kappa shape index (κ1) is 14.9. The number of hydrogen-bond donors (Lipinski definition) is 1. The van der Waals surface area contributed by atoms with Crippen LogP contribution in [0.4, 0.5) is 5.69 Å². The van der Waals surface area contributed by atoms with Gasteiger partial charge in [0.1, 0.15) is 5.82 Å². The highest BCUT2D eigenvalue weighted by Gasteiger charge is 2.26. The average Bonchev–Trinajstić information content (AvgIpc) is 3.30. The number of carbonyl (C=O) groups is 1. The van der Waals surface area contributed by atoms with Gasteiger partial charge >= 0.3 is 0 Å². The van der Waals surface area contributed by atoms with Crippen LogP contribution in [0, 0.1) is 5.92 Å². The summed E-state index contributed by atoms with van der Waals surface area (Å²) in [6, 6.07) is 16.0. The molecule has 0 unspecified atom stereocenters. The fourth-order valence-corrected chi connectivity index (χ4v) is 3.51. The number of imidazole rings is 1. The molecule has 1 heterocycles. The number of nitrogens with zero attached hydrogens (tertiary/aromatic N) is 2. The molecule has 0 bridgehead atoms. The highest BCUT2D eigenvalue weighted by Crippen LogP contribution is 2.29. The molecule has 1 saturated carbocycles. The zero-order valence-electron chi connectivity index (χ0n) is 13.8. The largest absolute Gasteiger partial charge is 0.338 e. The predicted molar refractivity (Wildman–Crippen MR) is 96.9 cm³/mol. The number of fused-ring (bicyclic) bond motifs is 1. The van der Waals surface area contributed by atoms with Gasteiger partial charge in [-0.15, -0.1) is 0 Å². The van der Waals surface area contributed by atoms with E-state index in [4.69, 9.17) is 0 Å². The van der Waals surface area contributed by atoms with Gasteiger partial charge < -0.3 is 9.88 Å². The molecule has 3 aromatic rings. The molecule has 4 heteroatoms. The van der Waals surface area contributed by atoms with Crippen LogP contribution in [-0.4, -0.2) is 22.9 Å². The third-order valence-electron chi connectivity index (χ3n) is 4.95. The van der Waals surface area contributed by atoms with Crippen LogP contribution in [0.15, 0.2) is 48.5 Å². The molecule has 0 spiro atoms. The maximum absolute atomic E-state index is 12.5. The highest BCUT2D eigenvalue weighted by atomic mass is 16.2. The summed E-state index contributed by atoms with van der Waals surface area (Å²) in [4.78, 5) is 22.3. The third-order valence-corrected chi connectivity index (χ3v) is 4.95. The van der Waals surface area contributed by atoms with Crippen molar-refractivity contribution < 1.29 is 4.79 Å². The molecule has 4 nitrogen and oxygen atoms in total. The van der Waals surface area contributed by atoms with Gasteiger partial charge in [0.15, 0.2) is 0 Å². The number of amides is 1. The van der Waals surface area contributed by atoms with Crippen molar-refractivity contribution in [2.45, 2.75) is 25.7 Å². The van der Waals surface area contributed by atoms with Gasteiger partial charge in [-0.05, 0) is 49.2 Å². The lowest BCUT2D eigenvalue weighted by molar-refractivity contribution is -0.121. The van der Waals surface area contributed by atoms with Crippen molar-refractivity contribution in [3.63, 3.8) is 0 Å². The number of carbonyl (C=O) groups excluding carboxylic acids is 1. The number of aromatic nitrogens is 2. The summed E-state index contributed by atoms with van der Waals surface area (Å²) >= 11 is 0. The van der Waals surface area contributed by atoms with E-state index in [1.165, 1.54) is 12.8 Å². The first-order valence-electron chi connectivity index (χ1n) is 8.55. The van der Waals surface area contributed by atoms with E-state index in [1.54, 1.807) is 4.90 Å². The lowest BCUT2D eigenvalue weighted by atomic mass is 10.1. The van der Waals surface area contributed by atoms with Crippen LogP contribution in [0.5, 0.6) is 0 Å². The van der Waals surface area contributed by atoms with E-state index in [1.807, 2.05) is 55.6 Å². The molecule has 0 radical (unpaired) electrons. The SMILES string of the molecule is CN(C(=O)C1CCCC1)c1ccc(-c2nc3ccccc3[nH]2)cc1. The molecule has 1 aliphatic rings. The van der Waals surface area contributed by atoms with Crippen LogP contribution in [0.25, 0.3) is 22.4 Å². The molecular weight excluding hydrogens is 298 g/mol. The van der Waals surface area contributed by atoms with Crippen LogP contribution in [0.1, 0.15) is 25.7 Å². The quantitative estimate of drug-likeness (QED) is 0.778. The Kier molecular flexibility index (Phi) is 3.81. The minimum Gasteiger partial charge on any atom is -0.338 e. The summed E-state index contributed by atoms with van der Waals surface area (Å²) in [6.45, 7) is 0. The van der Waals surface area contributed by atoms with Gasteiger partial charge in [-0.2, -0.15) is 0 Å².